The number of aliphatic hydroxyl groups is 1. The fraction of sp³-hybridized carbons (Fsp3) is 0.250. The van der Waals surface area contributed by atoms with E-state index in [1.807, 2.05) is 19.9 Å². The van der Waals surface area contributed by atoms with Gasteiger partial charge in [-0.3, -0.25) is 0 Å². The third-order valence-electron chi connectivity index (χ3n) is 3.25. The summed E-state index contributed by atoms with van der Waals surface area (Å²) in [5.41, 5.74) is 2.04. The first kappa shape index (κ1) is 16.4. The molecule has 0 saturated heterocycles. The quantitative estimate of drug-likeness (QED) is 0.800. The van der Waals surface area contributed by atoms with E-state index in [4.69, 9.17) is 39.5 Å². The number of rotatable bonds is 4. The van der Waals surface area contributed by atoms with Crippen LogP contribution in [0.15, 0.2) is 30.3 Å². The Kier molecular flexibility index (Phi) is 5.39. The lowest BCUT2D eigenvalue weighted by atomic mass is 9.97. The average molecular weight is 346 g/mol. The van der Waals surface area contributed by atoms with E-state index in [0.29, 0.717) is 38.6 Å². The number of benzene rings is 2. The van der Waals surface area contributed by atoms with E-state index in [1.165, 1.54) is 0 Å². The Balaban J connectivity index is 2.46. The standard InChI is InChI=1S/C16H15Cl3O2/c1-3-21-15-8-13(18)11(7-14(15)19)16(20)10-5-4-6-12(17)9(10)2/h4-8,16,20H,3H2,1-2H3. The van der Waals surface area contributed by atoms with E-state index in [-0.39, 0.29) is 0 Å². The van der Waals surface area contributed by atoms with E-state index < -0.39 is 6.10 Å². The van der Waals surface area contributed by atoms with Crippen molar-refractivity contribution in [3.8, 4) is 5.75 Å². The van der Waals surface area contributed by atoms with Gasteiger partial charge in [0.1, 0.15) is 11.9 Å². The van der Waals surface area contributed by atoms with Crippen LogP contribution in [0.4, 0.5) is 0 Å². The molecule has 2 rings (SSSR count). The molecule has 0 saturated carbocycles. The number of halogens is 3. The van der Waals surface area contributed by atoms with Crippen LogP contribution < -0.4 is 4.74 Å². The van der Waals surface area contributed by atoms with E-state index in [2.05, 4.69) is 0 Å². The Morgan fingerprint density at radius 1 is 1.05 bits per heavy atom. The number of hydrogen-bond donors (Lipinski definition) is 1. The second-order valence-corrected chi connectivity index (χ2v) is 5.82. The molecule has 21 heavy (non-hydrogen) atoms. The molecule has 0 fully saturated rings. The van der Waals surface area contributed by atoms with Gasteiger partial charge in [-0.25, -0.2) is 0 Å². The van der Waals surface area contributed by atoms with Crippen LogP contribution in [-0.2, 0) is 0 Å². The van der Waals surface area contributed by atoms with Gasteiger partial charge in [-0.05, 0) is 37.1 Å². The highest BCUT2D eigenvalue weighted by Crippen LogP contribution is 2.37. The minimum absolute atomic E-state index is 0.398. The molecular formula is C16H15Cl3O2. The molecule has 2 nitrogen and oxygen atoms in total. The maximum atomic E-state index is 10.6. The predicted molar refractivity (Wildman–Crippen MR) is 87.9 cm³/mol. The minimum atomic E-state index is -0.899. The Morgan fingerprint density at radius 2 is 1.76 bits per heavy atom. The monoisotopic (exact) mass is 344 g/mol. The third kappa shape index (κ3) is 3.46. The van der Waals surface area contributed by atoms with Crippen LogP contribution in [0.3, 0.4) is 0 Å². The lowest BCUT2D eigenvalue weighted by Gasteiger charge is -2.18. The van der Waals surface area contributed by atoms with Crippen molar-refractivity contribution in [2.45, 2.75) is 20.0 Å². The molecule has 1 atom stereocenters. The molecule has 1 N–H and O–H groups in total. The molecule has 2 aromatic rings. The average Bonchev–Trinajstić information content (AvgIpc) is 2.45. The van der Waals surface area contributed by atoms with Gasteiger partial charge in [0.25, 0.3) is 0 Å². The minimum Gasteiger partial charge on any atom is -0.492 e. The van der Waals surface area contributed by atoms with Crippen molar-refractivity contribution in [2.24, 2.45) is 0 Å². The summed E-state index contributed by atoms with van der Waals surface area (Å²) in [6, 6.07) is 8.62. The first-order chi connectivity index (χ1) is 9.95. The van der Waals surface area contributed by atoms with Gasteiger partial charge in [0.2, 0.25) is 0 Å². The summed E-state index contributed by atoms with van der Waals surface area (Å²) >= 11 is 18.5. The number of ether oxygens (including phenoxy) is 1. The summed E-state index contributed by atoms with van der Waals surface area (Å²) in [6.45, 7) is 4.21. The maximum Gasteiger partial charge on any atom is 0.139 e. The van der Waals surface area contributed by atoms with Crippen LogP contribution in [0, 0.1) is 6.92 Å². The largest absolute Gasteiger partial charge is 0.492 e. The summed E-state index contributed by atoms with van der Waals surface area (Å²) < 4.78 is 5.38. The zero-order valence-corrected chi connectivity index (χ0v) is 13.9. The van der Waals surface area contributed by atoms with Gasteiger partial charge in [-0.15, -0.1) is 0 Å². The summed E-state index contributed by atoms with van der Waals surface area (Å²) in [6.07, 6.45) is -0.899. The van der Waals surface area contributed by atoms with Crippen molar-refractivity contribution in [1.29, 1.82) is 0 Å². The van der Waals surface area contributed by atoms with Crippen molar-refractivity contribution >= 4 is 34.8 Å². The Morgan fingerprint density at radius 3 is 2.43 bits per heavy atom. The fourth-order valence-electron chi connectivity index (χ4n) is 2.11. The first-order valence-electron chi connectivity index (χ1n) is 6.50. The van der Waals surface area contributed by atoms with Crippen molar-refractivity contribution in [3.05, 3.63) is 62.1 Å². The molecule has 0 bridgehead atoms. The van der Waals surface area contributed by atoms with E-state index in [0.717, 1.165) is 5.56 Å². The van der Waals surface area contributed by atoms with Crippen LogP contribution in [0.25, 0.3) is 0 Å². The molecule has 0 aliphatic carbocycles. The molecule has 0 heterocycles. The van der Waals surface area contributed by atoms with Gasteiger partial charge in [-0.2, -0.15) is 0 Å². The Labute approximate surface area is 139 Å². The van der Waals surface area contributed by atoms with Crippen LogP contribution in [0.1, 0.15) is 29.7 Å². The van der Waals surface area contributed by atoms with Gasteiger partial charge < -0.3 is 9.84 Å². The summed E-state index contributed by atoms with van der Waals surface area (Å²) in [5.74, 6) is 0.503. The van der Waals surface area contributed by atoms with Gasteiger partial charge in [0.05, 0.1) is 16.7 Å². The Hall–Kier alpha value is -0.930. The molecule has 0 aliphatic rings. The smallest absolute Gasteiger partial charge is 0.139 e. The summed E-state index contributed by atoms with van der Waals surface area (Å²) in [4.78, 5) is 0. The van der Waals surface area contributed by atoms with Crippen molar-refractivity contribution in [2.75, 3.05) is 6.61 Å². The predicted octanol–water partition coefficient (Wildman–Crippen LogP) is 5.44. The van der Waals surface area contributed by atoms with Gasteiger partial charge in [-0.1, -0.05) is 46.9 Å². The van der Waals surface area contributed by atoms with E-state index in [9.17, 15) is 5.11 Å². The molecule has 0 aromatic heterocycles. The summed E-state index contributed by atoms with van der Waals surface area (Å²) in [7, 11) is 0. The van der Waals surface area contributed by atoms with Crippen molar-refractivity contribution in [1.82, 2.24) is 0 Å². The zero-order valence-electron chi connectivity index (χ0n) is 11.7. The fourth-order valence-corrected chi connectivity index (χ4v) is 2.77. The molecule has 0 aliphatic heterocycles. The highest BCUT2D eigenvalue weighted by Gasteiger charge is 2.19. The van der Waals surface area contributed by atoms with Gasteiger partial charge in [0.15, 0.2) is 0 Å². The van der Waals surface area contributed by atoms with E-state index in [1.54, 1.807) is 24.3 Å². The van der Waals surface area contributed by atoms with Gasteiger partial charge in [0, 0.05) is 16.7 Å². The molecule has 5 heteroatoms. The summed E-state index contributed by atoms with van der Waals surface area (Å²) in [5, 5.41) is 12.0. The first-order valence-corrected chi connectivity index (χ1v) is 7.64. The highest BCUT2D eigenvalue weighted by atomic mass is 35.5. The van der Waals surface area contributed by atoms with Gasteiger partial charge >= 0.3 is 0 Å². The molecule has 0 spiro atoms. The van der Waals surface area contributed by atoms with Crippen molar-refractivity contribution < 1.29 is 9.84 Å². The zero-order chi connectivity index (χ0) is 15.6. The lowest BCUT2D eigenvalue weighted by Crippen LogP contribution is -2.04. The SMILES string of the molecule is CCOc1cc(Cl)c(C(O)c2cccc(Cl)c2C)cc1Cl. The number of hydrogen-bond acceptors (Lipinski definition) is 2. The molecular weight excluding hydrogens is 331 g/mol. The van der Waals surface area contributed by atoms with Crippen LogP contribution in [-0.4, -0.2) is 11.7 Å². The molecule has 1 unspecified atom stereocenters. The number of aliphatic hydroxyl groups excluding tert-OH is 1. The van der Waals surface area contributed by atoms with Crippen molar-refractivity contribution in [3.63, 3.8) is 0 Å². The second kappa shape index (κ2) is 6.89. The molecule has 2 aromatic carbocycles. The Bertz CT molecular complexity index is 656. The molecule has 0 radical (unpaired) electrons. The van der Waals surface area contributed by atoms with Crippen LogP contribution >= 0.6 is 34.8 Å². The second-order valence-electron chi connectivity index (χ2n) is 4.59. The maximum absolute atomic E-state index is 10.6. The third-order valence-corrected chi connectivity index (χ3v) is 4.28. The molecule has 112 valence electrons. The molecule has 0 amide bonds. The normalized spacial score (nSPS) is 12.3. The van der Waals surface area contributed by atoms with E-state index >= 15 is 0 Å². The lowest BCUT2D eigenvalue weighted by molar-refractivity contribution is 0.219. The topological polar surface area (TPSA) is 29.5 Å². The highest BCUT2D eigenvalue weighted by molar-refractivity contribution is 6.35. The van der Waals surface area contributed by atoms with Crippen LogP contribution in [0.5, 0.6) is 5.75 Å². The van der Waals surface area contributed by atoms with Crippen LogP contribution in [0.2, 0.25) is 15.1 Å².